The van der Waals surface area contributed by atoms with Crippen molar-refractivity contribution in [1.82, 2.24) is 5.32 Å². The highest BCUT2D eigenvalue weighted by molar-refractivity contribution is 5.84. The molecule has 120 valence electrons. The molecule has 2 atom stereocenters. The molecule has 1 amide bonds. The van der Waals surface area contributed by atoms with Crippen LogP contribution in [-0.2, 0) is 20.8 Å². The number of hydrogen-bond donors (Lipinski definition) is 3. The molecule has 0 aliphatic rings. The van der Waals surface area contributed by atoms with Crippen LogP contribution in [0, 0.1) is 5.92 Å². The number of carboxylic acids is 1. The zero-order valence-electron chi connectivity index (χ0n) is 12.7. The van der Waals surface area contributed by atoms with Crippen molar-refractivity contribution in [3.05, 3.63) is 29.8 Å². The van der Waals surface area contributed by atoms with Crippen LogP contribution in [0.25, 0.3) is 0 Å². The molecule has 0 spiro atoms. The first-order valence-electron chi connectivity index (χ1n) is 7.07. The lowest BCUT2D eigenvalue weighted by atomic mass is 10.0. The monoisotopic (exact) mass is 307 g/mol. The van der Waals surface area contributed by atoms with E-state index in [0.717, 1.165) is 0 Å². The number of Topliss-reactive ketones (excluding diaryl/α,β-unsaturated/α-hetero) is 1. The first kappa shape index (κ1) is 17.7. The van der Waals surface area contributed by atoms with Gasteiger partial charge in [-0.2, -0.15) is 0 Å². The van der Waals surface area contributed by atoms with Gasteiger partial charge in [0.1, 0.15) is 17.6 Å². The molecule has 6 nitrogen and oxygen atoms in total. The molecule has 0 saturated heterocycles. The van der Waals surface area contributed by atoms with Crippen LogP contribution in [0.1, 0.15) is 32.3 Å². The average Bonchev–Trinajstić information content (AvgIpc) is 2.39. The Kier molecular flexibility index (Phi) is 6.56. The van der Waals surface area contributed by atoms with Gasteiger partial charge >= 0.3 is 5.97 Å². The van der Waals surface area contributed by atoms with Crippen LogP contribution in [0.5, 0.6) is 5.75 Å². The Morgan fingerprint density at radius 2 is 1.73 bits per heavy atom. The molecule has 0 saturated carbocycles. The zero-order valence-corrected chi connectivity index (χ0v) is 12.7. The van der Waals surface area contributed by atoms with E-state index in [-0.39, 0.29) is 36.2 Å². The quantitative estimate of drug-likeness (QED) is 0.675. The first-order valence-corrected chi connectivity index (χ1v) is 7.07. The summed E-state index contributed by atoms with van der Waals surface area (Å²) in [5.74, 6) is -1.54. The third-order valence-electron chi connectivity index (χ3n) is 3.18. The van der Waals surface area contributed by atoms with Crippen LogP contribution in [0.2, 0.25) is 0 Å². The van der Waals surface area contributed by atoms with E-state index >= 15 is 0 Å². The molecule has 0 bridgehead atoms. The second-order valence-electron chi connectivity index (χ2n) is 5.54. The molecule has 0 aliphatic heterocycles. The molecule has 0 fully saturated rings. The molecule has 1 unspecified atom stereocenters. The van der Waals surface area contributed by atoms with E-state index in [9.17, 15) is 24.6 Å². The van der Waals surface area contributed by atoms with E-state index in [2.05, 4.69) is 5.32 Å². The minimum Gasteiger partial charge on any atom is -0.508 e. The highest BCUT2D eigenvalue weighted by atomic mass is 16.4. The lowest BCUT2D eigenvalue weighted by molar-refractivity contribution is -0.142. The third kappa shape index (κ3) is 6.39. The van der Waals surface area contributed by atoms with Crippen molar-refractivity contribution in [2.24, 2.45) is 5.92 Å². The van der Waals surface area contributed by atoms with E-state index in [1.165, 1.54) is 19.1 Å². The van der Waals surface area contributed by atoms with E-state index in [1.54, 1.807) is 19.1 Å². The van der Waals surface area contributed by atoms with Gasteiger partial charge in [0.25, 0.3) is 0 Å². The number of ketones is 1. The van der Waals surface area contributed by atoms with Gasteiger partial charge in [0, 0.05) is 19.3 Å². The maximum atomic E-state index is 11.9. The van der Waals surface area contributed by atoms with Crippen molar-refractivity contribution < 1.29 is 24.6 Å². The van der Waals surface area contributed by atoms with Gasteiger partial charge in [0.05, 0.1) is 0 Å². The highest BCUT2D eigenvalue weighted by Crippen LogP contribution is 2.12. The van der Waals surface area contributed by atoms with Gasteiger partial charge in [-0.15, -0.1) is 0 Å². The predicted octanol–water partition coefficient (Wildman–Crippen LogP) is 1.51. The minimum absolute atomic E-state index is 0.000761. The second kappa shape index (κ2) is 8.17. The van der Waals surface area contributed by atoms with Crippen LogP contribution < -0.4 is 5.32 Å². The van der Waals surface area contributed by atoms with E-state index in [0.29, 0.717) is 12.0 Å². The number of carboxylic acid groups (broad SMARTS) is 1. The predicted molar refractivity (Wildman–Crippen MR) is 80.5 cm³/mol. The number of phenols is 1. The number of nitrogens with one attached hydrogen (secondary N) is 1. The molecule has 3 N–H and O–H groups in total. The molecule has 22 heavy (non-hydrogen) atoms. The third-order valence-corrected chi connectivity index (χ3v) is 3.18. The van der Waals surface area contributed by atoms with Crippen LogP contribution >= 0.6 is 0 Å². The summed E-state index contributed by atoms with van der Waals surface area (Å²) in [6.07, 6.45) is 0.532. The van der Waals surface area contributed by atoms with Crippen molar-refractivity contribution in [2.45, 2.75) is 39.2 Å². The number of hydrogen-bond acceptors (Lipinski definition) is 4. The summed E-state index contributed by atoms with van der Waals surface area (Å²) in [6.45, 7) is 3.23. The molecule has 0 heterocycles. The number of amides is 1. The van der Waals surface area contributed by atoms with Crippen molar-refractivity contribution in [1.29, 1.82) is 0 Å². The van der Waals surface area contributed by atoms with Gasteiger partial charge in [-0.05, 0) is 30.5 Å². The molecule has 1 rings (SSSR count). The normalized spacial score (nSPS) is 13.2. The number of rotatable bonds is 8. The van der Waals surface area contributed by atoms with E-state index in [1.807, 2.05) is 0 Å². The lowest BCUT2D eigenvalue weighted by Crippen LogP contribution is -2.42. The molecule has 6 heteroatoms. The number of carbonyl (C=O) groups excluding carboxylic acids is 2. The van der Waals surface area contributed by atoms with Crippen LogP contribution in [-0.4, -0.2) is 33.9 Å². The summed E-state index contributed by atoms with van der Waals surface area (Å²) in [5, 5.41) is 20.9. The van der Waals surface area contributed by atoms with Crippen molar-refractivity contribution in [3.63, 3.8) is 0 Å². The van der Waals surface area contributed by atoms with Gasteiger partial charge in [0.2, 0.25) is 5.91 Å². The van der Waals surface area contributed by atoms with Crippen LogP contribution in [0.4, 0.5) is 0 Å². The Morgan fingerprint density at radius 3 is 2.23 bits per heavy atom. The minimum atomic E-state index is -1.12. The van der Waals surface area contributed by atoms with Gasteiger partial charge in [0.15, 0.2) is 0 Å². The number of aromatic hydroxyl groups is 1. The fourth-order valence-electron chi connectivity index (χ4n) is 2.20. The smallest absolute Gasteiger partial charge is 0.326 e. The fourth-order valence-corrected chi connectivity index (χ4v) is 2.20. The Hall–Kier alpha value is -2.37. The number of phenolic OH excluding ortho intramolecular Hbond substituents is 1. The number of carbonyl (C=O) groups is 3. The topological polar surface area (TPSA) is 104 Å². The maximum Gasteiger partial charge on any atom is 0.326 e. The summed E-state index contributed by atoms with van der Waals surface area (Å²) in [5.41, 5.74) is 0.697. The Balaban J connectivity index is 2.60. The molecular formula is C16H21NO5. The van der Waals surface area contributed by atoms with Crippen molar-refractivity contribution >= 4 is 17.7 Å². The summed E-state index contributed by atoms with van der Waals surface area (Å²) in [7, 11) is 0. The molecule has 0 aromatic heterocycles. The Morgan fingerprint density at radius 1 is 1.14 bits per heavy atom. The van der Waals surface area contributed by atoms with Crippen molar-refractivity contribution in [2.75, 3.05) is 0 Å². The van der Waals surface area contributed by atoms with E-state index < -0.39 is 12.0 Å². The Labute approximate surface area is 129 Å². The second-order valence-corrected chi connectivity index (χ2v) is 5.54. The SMILES string of the molecule is CC(=O)CC(C)CC(=O)N[C@@H](Cc1ccc(O)cc1)C(=O)O. The van der Waals surface area contributed by atoms with Gasteiger partial charge in [-0.1, -0.05) is 19.1 Å². The molecular weight excluding hydrogens is 286 g/mol. The maximum absolute atomic E-state index is 11.9. The Bertz CT molecular complexity index is 538. The van der Waals surface area contributed by atoms with Crippen LogP contribution in [0.15, 0.2) is 24.3 Å². The fraction of sp³-hybridized carbons (Fsp3) is 0.438. The summed E-state index contributed by atoms with van der Waals surface area (Å²) < 4.78 is 0. The van der Waals surface area contributed by atoms with Crippen LogP contribution in [0.3, 0.4) is 0 Å². The average molecular weight is 307 g/mol. The van der Waals surface area contributed by atoms with E-state index in [4.69, 9.17) is 0 Å². The molecule has 1 aromatic carbocycles. The number of benzene rings is 1. The molecule has 0 radical (unpaired) electrons. The largest absolute Gasteiger partial charge is 0.508 e. The zero-order chi connectivity index (χ0) is 16.7. The van der Waals surface area contributed by atoms with Gasteiger partial charge in [-0.25, -0.2) is 4.79 Å². The molecule has 0 aliphatic carbocycles. The van der Waals surface area contributed by atoms with Gasteiger partial charge in [-0.3, -0.25) is 4.79 Å². The standard InChI is InChI=1S/C16H21NO5/c1-10(7-11(2)18)8-15(20)17-14(16(21)22)9-12-3-5-13(19)6-4-12/h3-6,10,14,19H,7-9H2,1-2H3,(H,17,20)(H,21,22)/t10?,14-/m0/s1. The number of aliphatic carboxylic acids is 1. The molecule has 1 aromatic rings. The highest BCUT2D eigenvalue weighted by Gasteiger charge is 2.21. The summed E-state index contributed by atoms with van der Waals surface area (Å²) >= 11 is 0. The van der Waals surface area contributed by atoms with Gasteiger partial charge < -0.3 is 20.3 Å². The summed E-state index contributed by atoms with van der Waals surface area (Å²) in [4.78, 5) is 34.1. The first-order chi connectivity index (χ1) is 10.3. The van der Waals surface area contributed by atoms with Crippen molar-refractivity contribution in [3.8, 4) is 5.75 Å². The lowest BCUT2D eigenvalue weighted by Gasteiger charge is -2.16. The summed E-state index contributed by atoms with van der Waals surface area (Å²) in [6, 6.07) is 5.10.